The SMILES string of the molecule is Fc1cc(F)c2c(c1)C(C1CC1)NCC2. The fourth-order valence-electron chi connectivity index (χ4n) is 2.48. The van der Waals surface area contributed by atoms with E-state index in [1.807, 2.05) is 0 Å². The van der Waals surface area contributed by atoms with Gasteiger partial charge in [-0.05, 0) is 48.9 Å². The van der Waals surface area contributed by atoms with E-state index in [4.69, 9.17) is 0 Å². The van der Waals surface area contributed by atoms with Gasteiger partial charge in [0.1, 0.15) is 11.6 Å². The molecule has 3 rings (SSSR count). The summed E-state index contributed by atoms with van der Waals surface area (Å²) < 4.78 is 26.7. The van der Waals surface area contributed by atoms with Crippen molar-refractivity contribution in [1.82, 2.24) is 5.32 Å². The van der Waals surface area contributed by atoms with E-state index >= 15 is 0 Å². The van der Waals surface area contributed by atoms with Crippen molar-refractivity contribution in [3.05, 3.63) is 34.9 Å². The lowest BCUT2D eigenvalue weighted by atomic mass is 9.91. The number of fused-ring (bicyclic) bond motifs is 1. The van der Waals surface area contributed by atoms with Gasteiger partial charge in [0.25, 0.3) is 0 Å². The minimum atomic E-state index is -0.458. The molecule has 1 N–H and O–H groups in total. The minimum absolute atomic E-state index is 0.180. The average molecular weight is 209 g/mol. The van der Waals surface area contributed by atoms with Crippen LogP contribution >= 0.6 is 0 Å². The number of benzene rings is 1. The first-order valence-corrected chi connectivity index (χ1v) is 5.47. The first kappa shape index (κ1) is 9.28. The van der Waals surface area contributed by atoms with Crippen molar-refractivity contribution in [3.8, 4) is 0 Å². The molecule has 0 bridgehead atoms. The molecule has 1 atom stereocenters. The van der Waals surface area contributed by atoms with Crippen LogP contribution in [0, 0.1) is 17.6 Å². The molecule has 1 saturated carbocycles. The molecule has 2 aliphatic rings. The Bertz CT molecular complexity index is 399. The van der Waals surface area contributed by atoms with Gasteiger partial charge in [-0.25, -0.2) is 8.78 Å². The van der Waals surface area contributed by atoms with Gasteiger partial charge in [-0.1, -0.05) is 0 Å². The lowest BCUT2D eigenvalue weighted by molar-refractivity contribution is 0.440. The highest BCUT2D eigenvalue weighted by molar-refractivity contribution is 5.35. The Labute approximate surface area is 87.5 Å². The second-order valence-electron chi connectivity index (χ2n) is 4.47. The van der Waals surface area contributed by atoms with Crippen LogP contribution in [0.4, 0.5) is 8.78 Å². The number of nitrogens with one attached hydrogen (secondary N) is 1. The normalized spacial score (nSPS) is 25.1. The zero-order chi connectivity index (χ0) is 10.4. The summed E-state index contributed by atoms with van der Waals surface area (Å²) in [5.41, 5.74) is 1.56. The standard InChI is InChI=1S/C12H13F2N/c13-8-5-10-9(11(14)6-8)3-4-15-12(10)7-1-2-7/h5-7,12,15H,1-4H2. The molecule has 0 amide bonds. The van der Waals surface area contributed by atoms with Gasteiger partial charge in [0, 0.05) is 12.1 Å². The minimum Gasteiger partial charge on any atom is -0.309 e. The molecule has 0 aromatic heterocycles. The van der Waals surface area contributed by atoms with Gasteiger partial charge in [-0.2, -0.15) is 0 Å². The third-order valence-corrected chi connectivity index (χ3v) is 3.36. The Kier molecular flexibility index (Phi) is 2.02. The lowest BCUT2D eigenvalue weighted by Crippen LogP contribution is -2.32. The Morgan fingerprint density at radius 2 is 2.00 bits per heavy atom. The Morgan fingerprint density at radius 1 is 1.20 bits per heavy atom. The Morgan fingerprint density at radius 3 is 2.73 bits per heavy atom. The Hall–Kier alpha value is -0.960. The van der Waals surface area contributed by atoms with Gasteiger partial charge in [0.2, 0.25) is 0 Å². The fraction of sp³-hybridized carbons (Fsp3) is 0.500. The molecular weight excluding hydrogens is 196 g/mol. The third kappa shape index (κ3) is 1.55. The van der Waals surface area contributed by atoms with Crippen LogP contribution < -0.4 is 5.32 Å². The quantitative estimate of drug-likeness (QED) is 0.749. The molecule has 1 unspecified atom stereocenters. The predicted octanol–water partition coefficient (Wildman–Crippen LogP) is 2.56. The van der Waals surface area contributed by atoms with Crippen LogP contribution in [0.25, 0.3) is 0 Å². The first-order valence-electron chi connectivity index (χ1n) is 5.47. The summed E-state index contributed by atoms with van der Waals surface area (Å²) in [5, 5.41) is 3.36. The average Bonchev–Trinajstić information content (AvgIpc) is 3.00. The van der Waals surface area contributed by atoms with Crippen molar-refractivity contribution >= 4 is 0 Å². The lowest BCUT2D eigenvalue weighted by Gasteiger charge is -2.27. The van der Waals surface area contributed by atoms with E-state index < -0.39 is 5.82 Å². The van der Waals surface area contributed by atoms with E-state index in [2.05, 4.69) is 5.32 Å². The first-order chi connectivity index (χ1) is 7.25. The molecule has 1 nitrogen and oxygen atoms in total. The molecule has 1 aromatic carbocycles. The molecule has 1 aromatic rings. The highest BCUT2D eigenvalue weighted by Gasteiger charge is 2.35. The zero-order valence-electron chi connectivity index (χ0n) is 8.39. The van der Waals surface area contributed by atoms with Crippen molar-refractivity contribution in [1.29, 1.82) is 0 Å². The number of halogens is 2. The Balaban J connectivity index is 2.08. The topological polar surface area (TPSA) is 12.0 Å². The summed E-state index contributed by atoms with van der Waals surface area (Å²) in [7, 11) is 0. The van der Waals surface area contributed by atoms with E-state index in [1.165, 1.54) is 18.9 Å². The van der Waals surface area contributed by atoms with Crippen molar-refractivity contribution in [2.45, 2.75) is 25.3 Å². The molecule has 15 heavy (non-hydrogen) atoms. The van der Waals surface area contributed by atoms with Crippen LogP contribution in [0.2, 0.25) is 0 Å². The smallest absolute Gasteiger partial charge is 0.129 e. The van der Waals surface area contributed by atoms with Crippen LogP contribution in [-0.4, -0.2) is 6.54 Å². The van der Waals surface area contributed by atoms with Crippen molar-refractivity contribution in [2.24, 2.45) is 5.92 Å². The number of rotatable bonds is 1. The maximum absolute atomic E-state index is 13.5. The molecule has 1 aliphatic carbocycles. The molecule has 1 aliphatic heterocycles. The molecule has 0 saturated heterocycles. The van der Waals surface area contributed by atoms with Gasteiger partial charge in [0.05, 0.1) is 0 Å². The molecule has 0 spiro atoms. The molecular formula is C12H13F2N. The van der Waals surface area contributed by atoms with Crippen LogP contribution in [0.1, 0.15) is 30.0 Å². The van der Waals surface area contributed by atoms with E-state index in [9.17, 15) is 8.78 Å². The second kappa shape index (κ2) is 3.27. The summed E-state index contributed by atoms with van der Waals surface area (Å²) >= 11 is 0. The summed E-state index contributed by atoms with van der Waals surface area (Å²) in [5.74, 6) is -0.247. The van der Waals surface area contributed by atoms with Crippen molar-refractivity contribution in [2.75, 3.05) is 6.54 Å². The third-order valence-electron chi connectivity index (χ3n) is 3.36. The van der Waals surface area contributed by atoms with Crippen LogP contribution in [0.5, 0.6) is 0 Å². The van der Waals surface area contributed by atoms with Crippen molar-refractivity contribution < 1.29 is 8.78 Å². The second-order valence-corrected chi connectivity index (χ2v) is 4.47. The summed E-state index contributed by atoms with van der Waals surface area (Å²) in [6, 6.07) is 2.67. The highest BCUT2D eigenvalue weighted by atomic mass is 19.1. The zero-order valence-corrected chi connectivity index (χ0v) is 8.39. The molecule has 1 fully saturated rings. The fourth-order valence-corrected chi connectivity index (χ4v) is 2.48. The summed E-state index contributed by atoms with van der Waals surface area (Å²) in [6.07, 6.45) is 3.02. The van der Waals surface area contributed by atoms with Crippen LogP contribution in [-0.2, 0) is 6.42 Å². The van der Waals surface area contributed by atoms with E-state index in [0.29, 0.717) is 17.9 Å². The van der Waals surface area contributed by atoms with Gasteiger partial charge in [-0.15, -0.1) is 0 Å². The summed E-state index contributed by atoms with van der Waals surface area (Å²) in [4.78, 5) is 0. The molecule has 1 heterocycles. The molecule has 3 heteroatoms. The maximum atomic E-state index is 13.5. The van der Waals surface area contributed by atoms with Gasteiger partial charge in [0.15, 0.2) is 0 Å². The predicted molar refractivity (Wildman–Crippen MR) is 53.5 cm³/mol. The molecule has 80 valence electrons. The highest BCUT2D eigenvalue weighted by Crippen LogP contribution is 2.43. The summed E-state index contributed by atoms with van der Waals surface area (Å²) in [6.45, 7) is 0.802. The van der Waals surface area contributed by atoms with E-state index in [0.717, 1.165) is 18.2 Å². The van der Waals surface area contributed by atoms with E-state index in [-0.39, 0.29) is 11.9 Å². The number of hydrogen-bond acceptors (Lipinski definition) is 1. The maximum Gasteiger partial charge on any atom is 0.129 e. The van der Waals surface area contributed by atoms with Gasteiger partial charge in [-0.3, -0.25) is 0 Å². The van der Waals surface area contributed by atoms with Crippen LogP contribution in [0.15, 0.2) is 12.1 Å². The number of hydrogen-bond donors (Lipinski definition) is 1. The molecule has 0 radical (unpaired) electrons. The van der Waals surface area contributed by atoms with Crippen LogP contribution in [0.3, 0.4) is 0 Å². The monoisotopic (exact) mass is 209 g/mol. The van der Waals surface area contributed by atoms with Gasteiger partial charge >= 0.3 is 0 Å². The largest absolute Gasteiger partial charge is 0.309 e. The van der Waals surface area contributed by atoms with Gasteiger partial charge < -0.3 is 5.32 Å². The van der Waals surface area contributed by atoms with Crippen molar-refractivity contribution in [3.63, 3.8) is 0 Å². The van der Waals surface area contributed by atoms with E-state index in [1.54, 1.807) is 0 Å².